The summed E-state index contributed by atoms with van der Waals surface area (Å²) in [6.07, 6.45) is 1.68. The summed E-state index contributed by atoms with van der Waals surface area (Å²) >= 11 is 0. The number of nitrogens with one attached hydrogen (secondary N) is 2. The first-order valence-corrected chi connectivity index (χ1v) is 5.97. The van der Waals surface area contributed by atoms with E-state index in [0.717, 1.165) is 6.54 Å². The van der Waals surface area contributed by atoms with Gasteiger partial charge < -0.3 is 10.1 Å². The van der Waals surface area contributed by atoms with Crippen molar-refractivity contribution >= 4 is 23.2 Å². The largest absolute Gasteiger partial charge is 0.453 e. The summed E-state index contributed by atoms with van der Waals surface area (Å²) in [5.41, 5.74) is 0.734. The van der Waals surface area contributed by atoms with E-state index in [1.54, 1.807) is 12.1 Å². The van der Waals surface area contributed by atoms with Crippen molar-refractivity contribution in [3.05, 3.63) is 28.3 Å². The third-order valence-electron chi connectivity index (χ3n) is 2.90. The van der Waals surface area contributed by atoms with Gasteiger partial charge in [0.15, 0.2) is 0 Å². The molecule has 1 aliphatic rings. The average Bonchev–Trinajstić information content (AvgIpc) is 3.20. The molecule has 2 rings (SSSR count). The minimum absolute atomic E-state index is 0.0606. The van der Waals surface area contributed by atoms with E-state index in [1.807, 2.05) is 0 Å². The Kier molecular flexibility index (Phi) is 3.84. The molecule has 7 heteroatoms. The van der Waals surface area contributed by atoms with Gasteiger partial charge in [0, 0.05) is 12.6 Å². The molecule has 0 aliphatic heterocycles. The van der Waals surface area contributed by atoms with Crippen LogP contribution in [0.25, 0.3) is 0 Å². The van der Waals surface area contributed by atoms with Gasteiger partial charge in [0.1, 0.15) is 5.69 Å². The zero-order valence-corrected chi connectivity index (χ0v) is 10.5. The van der Waals surface area contributed by atoms with E-state index < -0.39 is 11.0 Å². The number of carbonyl (C=O) groups is 1. The Bertz CT molecular complexity index is 500. The molecule has 0 aromatic heterocycles. The molecular weight excluding hydrogens is 250 g/mol. The highest BCUT2D eigenvalue weighted by atomic mass is 16.6. The predicted octanol–water partition coefficient (Wildman–Crippen LogP) is 2.60. The minimum atomic E-state index is -0.659. The minimum Gasteiger partial charge on any atom is -0.453 e. The maximum absolute atomic E-state index is 11.1. The Labute approximate surface area is 110 Å². The van der Waals surface area contributed by atoms with Crippen molar-refractivity contribution in [1.29, 1.82) is 0 Å². The van der Waals surface area contributed by atoms with Crippen LogP contribution in [0.4, 0.5) is 21.9 Å². The standard InChI is InChI=1S/C12H15N3O4/c1-19-12(16)14-9-4-5-10(11(6-9)15(17)18)13-7-8-2-3-8/h4-6,8,13H,2-3,7H2,1H3,(H,14,16). The highest BCUT2D eigenvalue weighted by molar-refractivity contribution is 5.86. The van der Waals surface area contributed by atoms with Gasteiger partial charge >= 0.3 is 6.09 Å². The number of amides is 1. The second-order valence-corrected chi connectivity index (χ2v) is 4.43. The fraction of sp³-hybridized carbons (Fsp3) is 0.417. The molecule has 1 aromatic carbocycles. The van der Waals surface area contributed by atoms with Gasteiger partial charge in [-0.05, 0) is 30.9 Å². The Morgan fingerprint density at radius 1 is 1.53 bits per heavy atom. The third-order valence-corrected chi connectivity index (χ3v) is 2.90. The Balaban J connectivity index is 2.13. The lowest BCUT2D eigenvalue weighted by molar-refractivity contribution is -0.383. The van der Waals surface area contributed by atoms with Crippen LogP contribution in [-0.2, 0) is 4.74 Å². The molecule has 1 saturated carbocycles. The van der Waals surface area contributed by atoms with E-state index in [4.69, 9.17) is 0 Å². The highest BCUT2D eigenvalue weighted by Crippen LogP contribution is 2.32. The van der Waals surface area contributed by atoms with Gasteiger partial charge in [0.2, 0.25) is 0 Å². The summed E-state index contributed by atoms with van der Waals surface area (Å²) in [4.78, 5) is 21.6. The van der Waals surface area contributed by atoms with E-state index >= 15 is 0 Å². The first-order valence-electron chi connectivity index (χ1n) is 5.97. The SMILES string of the molecule is COC(=O)Nc1ccc(NCC2CC2)c([N+](=O)[O-])c1. The topological polar surface area (TPSA) is 93.5 Å². The van der Waals surface area contributed by atoms with Crippen LogP contribution in [0.1, 0.15) is 12.8 Å². The normalized spacial score (nSPS) is 13.7. The first kappa shape index (κ1) is 13.1. The summed E-state index contributed by atoms with van der Waals surface area (Å²) in [5, 5.41) is 16.5. The number of ether oxygens (including phenoxy) is 1. The Morgan fingerprint density at radius 2 is 2.26 bits per heavy atom. The quantitative estimate of drug-likeness (QED) is 0.630. The van der Waals surface area contributed by atoms with E-state index in [2.05, 4.69) is 15.4 Å². The second-order valence-electron chi connectivity index (χ2n) is 4.43. The molecule has 0 bridgehead atoms. The summed E-state index contributed by atoms with van der Waals surface area (Å²) in [5.74, 6) is 0.618. The monoisotopic (exact) mass is 265 g/mol. The van der Waals surface area contributed by atoms with Crippen molar-refractivity contribution < 1.29 is 14.5 Å². The van der Waals surface area contributed by atoms with Gasteiger partial charge in [-0.15, -0.1) is 0 Å². The van der Waals surface area contributed by atoms with Crippen LogP contribution < -0.4 is 10.6 Å². The van der Waals surface area contributed by atoms with Crippen molar-refractivity contribution in [2.75, 3.05) is 24.3 Å². The maximum atomic E-state index is 11.1. The molecule has 0 saturated heterocycles. The van der Waals surface area contributed by atoms with E-state index in [-0.39, 0.29) is 5.69 Å². The number of hydrogen-bond donors (Lipinski definition) is 2. The Morgan fingerprint density at radius 3 is 2.84 bits per heavy atom. The van der Waals surface area contributed by atoms with Gasteiger partial charge in [0.25, 0.3) is 5.69 Å². The molecule has 2 N–H and O–H groups in total. The number of nitro benzene ring substituents is 1. The molecule has 0 spiro atoms. The van der Waals surface area contributed by atoms with E-state index in [0.29, 0.717) is 17.3 Å². The summed E-state index contributed by atoms with van der Waals surface area (Å²) in [7, 11) is 1.23. The highest BCUT2D eigenvalue weighted by Gasteiger charge is 2.22. The van der Waals surface area contributed by atoms with Crippen LogP contribution in [0.15, 0.2) is 18.2 Å². The average molecular weight is 265 g/mol. The van der Waals surface area contributed by atoms with E-state index in [9.17, 15) is 14.9 Å². The van der Waals surface area contributed by atoms with Crippen molar-refractivity contribution in [3.63, 3.8) is 0 Å². The molecule has 1 amide bonds. The lowest BCUT2D eigenvalue weighted by atomic mass is 10.2. The fourth-order valence-electron chi connectivity index (χ4n) is 1.66. The summed E-state index contributed by atoms with van der Waals surface area (Å²) < 4.78 is 4.44. The van der Waals surface area contributed by atoms with Gasteiger partial charge in [-0.25, -0.2) is 4.79 Å². The molecule has 1 fully saturated rings. The number of nitro groups is 1. The molecule has 1 aromatic rings. The maximum Gasteiger partial charge on any atom is 0.411 e. The number of anilines is 2. The molecular formula is C12H15N3O4. The number of hydrogen-bond acceptors (Lipinski definition) is 5. The van der Waals surface area contributed by atoms with Crippen molar-refractivity contribution in [2.45, 2.75) is 12.8 Å². The molecule has 1 aliphatic carbocycles. The summed E-state index contributed by atoms with van der Waals surface area (Å²) in [6.45, 7) is 0.741. The van der Waals surface area contributed by atoms with Crippen LogP contribution in [0.5, 0.6) is 0 Å². The fourth-order valence-corrected chi connectivity index (χ4v) is 1.66. The van der Waals surface area contributed by atoms with Gasteiger partial charge in [-0.1, -0.05) is 0 Å². The molecule has 102 valence electrons. The van der Waals surface area contributed by atoms with Gasteiger partial charge in [-0.2, -0.15) is 0 Å². The number of methoxy groups -OCH3 is 1. The van der Waals surface area contributed by atoms with Crippen LogP contribution in [0, 0.1) is 16.0 Å². The number of benzene rings is 1. The predicted molar refractivity (Wildman–Crippen MR) is 70.3 cm³/mol. The second kappa shape index (κ2) is 5.55. The van der Waals surface area contributed by atoms with Gasteiger partial charge in [0.05, 0.1) is 17.7 Å². The molecule has 19 heavy (non-hydrogen) atoms. The smallest absolute Gasteiger partial charge is 0.411 e. The van der Waals surface area contributed by atoms with Crippen LogP contribution in [0.2, 0.25) is 0 Å². The molecule has 0 heterocycles. The van der Waals surface area contributed by atoms with Crippen molar-refractivity contribution in [1.82, 2.24) is 0 Å². The first-order chi connectivity index (χ1) is 9.10. The Hall–Kier alpha value is -2.31. The molecule has 0 unspecified atom stereocenters. The van der Waals surface area contributed by atoms with Crippen molar-refractivity contribution in [2.24, 2.45) is 5.92 Å². The van der Waals surface area contributed by atoms with Crippen LogP contribution >= 0.6 is 0 Å². The number of nitrogens with zero attached hydrogens (tertiary/aromatic N) is 1. The lowest BCUT2D eigenvalue weighted by Crippen LogP contribution is -2.11. The van der Waals surface area contributed by atoms with Crippen molar-refractivity contribution in [3.8, 4) is 0 Å². The van der Waals surface area contributed by atoms with Gasteiger partial charge in [-0.3, -0.25) is 15.4 Å². The molecule has 0 radical (unpaired) electrons. The number of carbonyl (C=O) groups excluding carboxylic acids is 1. The van der Waals surface area contributed by atoms with E-state index in [1.165, 1.54) is 26.0 Å². The third kappa shape index (κ3) is 3.57. The van der Waals surface area contributed by atoms with Crippen LogP contribution in [-0.4, -0.2) is 24.7 Å². The summed E-state index contributed by atoms with van der Waals surface area (Å²) in [6, 6.07) is 4.50. The zero-order chi connectivity index (χ0) is 13.8. The molecule has 0 atom stereocenters. The lowest BCUT2D eigenvalue weighted by Gasteiger charge is -2.08. The zero-order valence-electron chi connectivity index (χ0n) is 10.5. The number of rotatable bonds is 5. The van der Waals surface area contributed by atoms with Crippen LogP contribution in [0.3, 0.4) is 0 Å². The molecule has 7 nitrogen and oxygen atoms in total.